The number of aliphatic carboxylic acids is 1. The van der Waals surface area contributed by atoms with Gasteiger partial charge in [-0.2, -0.15) is 4.31 Å². The number of carbonyl (C=O) groups excluding carboxylic acids is 1. The van der Waals surface area contributed by atoms with Crippen molar-refractivity contribution >= 4 is 21.9 Å². The highest BCUT2D eigenvalue weighted by molar-refractivity contribution is 7.88. The first kappa shape index (κ1) is 16.9. The van der Waals surface area contributed by atoms with E-state index < -0.39 is 34.0 Å². The molecule has 1 unspecified atom stereocenters. The van der Waals surface area contributed by atoms with Gasteiger partial charge >= 0.3 is 5.97 Å². The predicted molar refractivity (Wildman–Crippen MR) is 70.5 cm³/mol. The standard InChI is InChI=1S/C11H20N2O6S/c1-20(18,19)13-6-3-2-4-9(13)10(15)12-8(5-7-14)11(16)17/h8-9,14H,2-7H2,1H3,(H,12,15)(H,16,17)/t8-,9?/m0/s1. The van der Waals surface area contributed by atoms with Crippen molar-refractivity contribution in [2.24, 2.45) is 0 Å². The SMILES string of the molecule is CS(=O)(=O)N1CCCCC1C(=O)N[C@@H](CCO)C(=O)O. The Hall–Kier alpha value is -1.19. The van der Waals surface area contributed by atoms with Gasteiger partial charge in [-0.05, 0) is 12.8 Å². The minimum absolute atomic E-state index is 0.118. The molecule has 1 rings (SSSR count). The van der Waals surface area contributed by atoms with Crippen LogP contribution in [0.3, 0.4) is 0 Å². The first-order chi connectivity index (χ1) is 9.27. The van der Waals surface area contributed by atoms with Crippen LogP contribution in [-0.4, -0.2) is 66.3 Å². The molecule has 0 bridgehead atoms. The smallest absolute Gasteiger partial charge is 0.326 e. The Morgan fingerprint density at radius 3 is 2.55 bits per heavy atom. The number of hydrogen-bond acceptors (Lipinski definition) is 5. The van der Waals surface area contributed by atoms with Crippen molar-refractivity contribution in [2.45, 2.75) is 37.8 Å². The number of aliphatic hydroxyl groups is 1. The second-order valence-electron chi connectivity index (χ2n) is 4.80. The highest BCUT2D eigenvalue weighted by atomic mass is 32.2. The van der Waals surface area contributed by atoms with Crippen LogP contribution in [0.5, 0.6) is 0 Å². The molecule has 1 heterocycles. The molecule has 9 heteroatoms. The molecule has 0 radical (unpaired) electrons. The number of piperidine rings is 1. The lowest BCUT2D eigenvalue weighted by Crippen LogP contribution is -2.54. The summed E-state index contributed by atoms with van der Waals surface area (Å²) in [6.45, 7) is -0.119. The first-order valence-corrected chi connectivity index (χ1v) is 8.23. The third kappa shape index (κ3) is 4.43. The van der Waals surface area contributed by atoms with Gasteiger partial charge in [0.15, 0.2) is 0 Å². The summed E-state index contributed by atoms with van der Waals surface area (Å²) in [6, 6.07) is -2.09. The van der Waals surface area contributed by atoms with E-state index in [1.54, 1.807) is 0 Å². The van der Waals surface area contributed by atoms with Gasteiger partial charge in [-0.1, -0.05) is 6.42 Å². The molecule has 0 saturated carbocycles. The van der Waals surface area contributed by atoms with Gasteiger partial charge in [0.05, 0.1) is 6.26 Å². The maximum atomic E-state index is 12.1. The Morgan fingerprint density at radius 2 is 2.05 bits per heavy atom. The summed E-state index contributed by atoms with van der Waals surface area (Å²) in [5.41, 5.74) is 0. The van der Waals surface area contributed by atoms with Crippen molar-refractivity contribution in [3.05, 3.63) is 0 Å². The highest BCUT2D eigenvalue weighted by Crippen LogP contribution is 2.20. The summed E-state index contributed by atoms with van der Waals surface area (Å²) in [5, 5.41) is 20.0. The van der Waals surface area contributed by atoms with Crippen molar-refractivity contribution in [1.29, 1.82) is 0 Å². The average molecular weight is 308 g/mol. The van der Waals surface area contributed by atoms with Crippen molar-refractivity contribution in [2.75, 3.05) is 19.4 Å². The molecule has 0 aliphatic carbocycles. The summed E-state index contributed by atoms with van der Waals surface area (Å²) < 4.78 is 24.4. The largest absolute Gasteiger partial charge is 0.480 e. The van der Waals surface area contributed by atoms with Crippen LogP contribution in [-0.2, 0) is 19.6 Å². The normalized spacial score (nSPS) is 22.2. The number of nitrogens with zero attached hydrogens (tertiary/aromatic N) is 1. The van der Waals surface area contributed by atoms with E-state index in [-0.39, 0.29) is 19.6 Å². The van der Waals surface area contributed by atoms with Crippen molar-refractivity contribution in [3.8, 4) is 0 Å². The summed E-state index contributed by atoms with van der Waals surface area (Å²) in [6.07, 6.45) is 2.66. The van der Waals surface area contributed by atoms with Gasteiger partial charge in [0.2, 0.25) is 15.9 Å². The van der Waals surface area contributed by atoms with Crippen LogP contribution in [0.2, 0.25) is 0 Å². The van der Waals surface area contributed by atoms with E-state index in [2.05, 4.69) is 5.32 Å². The Bertz CT molecular complexity index is 464. The third-order valence-corrected chi connectivity index (χ3v) is 4.50. The lowest BCUT2D eigenvalue weighted by Gasteiger charge is -2.33. The highest BCUT2D eigenvalue weighted by Gasteiger charge is 2.35. The Morgan fingerprint density at radius 1 is 1.40 bits per heavy atom. The molecule has 0 aromatic heterocycles. The molecule has 8 nitrogen and oxygen atoms in total. The molecular weight excluding hydrogens is 288 g/mol. The second-order valence-corrected chi connectivity index (χ2v) is 6.73. The topological polar surface area (TPSA) is 124 Å². The number of carbonyl (C=O) groups is 2. The lowest BCUT2D eigenvalue weighted by atomic mass is 10.0. The zero-order chi connectivity index (χ0) is 15.3. The van der Waals surface area contributed by atoms with E-state index >= 15 is 0 Å². The number of nitrogens with one attached hydrogen (secondary N) is 1. The maximum absolute atomic E-state index is 12.1. The van der Waals surface area contributed by atoms with Gasteiger partial charge in [-0.15, -0.1) is 0 Å². The number of hydrogen-bond donors (Lipinski definition) is 3. The minimum atomic E-state index is -3.51. The monoisotopic (exact) mass is 308 g/mol. The van der Waals surface area contributed by atoms with E-state index in [0.29, 0.717) is 19.3 Å². The average Bonchev–Trinajstić information content (AvgIpc) is 2.37. The third-order valence-electron chi connectivity index (χ3n) is 3.21. The molecule has 1 aliphatic heterocycles. The van der Waals surface area contributed by atoms with E-state index in [1.807, 2.05) is 0 Å². The molecular formula is C11H20N2O6S. The molecule has 0 spiro atoms. The Labute approximate surface area is 117 Å². The van der Waals surface area contributed by atoms with Crippen LogP contribution in [0.25, 0.3) is 0 Å². The molecule has 1 aliphatic rings. The van der Waals surface area contributed by atoms with Gasteiger partial charge in [0.25, 0.3) is 0 Å². The molecule has 2 atom stereocenters. The zero-order valence-corrected chi connectivity index (χ0v) is 12.1. The second kappa shape index (κ2) is 7.00. The number of sulfonamides is 1. The van der Waals surface area contributed by atoms with Crippen molar-refractivity contribution < 1.29 is 28.2 Å². The van der Waals surface area contributed by atoms with Gasteiger partial charge in [-0.25, -0.2) is 13.2 Å². The minimum Gasteiger partial charge on any atom is -0.480 e. The van der Waals surface area contributed by atoms with Crippen LogP contribution in [0, 0.1) is 0 Å². The fourth-order valence-electron chi connectivity index (χ4n) is 2.22. The fraction of sp³-hybridized carbons (Fsp3) is 0.818. The molecule has 0 aromatic carbocycles. The molecule has 116 valence electrons. The van der Waals surface area contributed by atoms with Gasteiger partial charge < -0.3 is 15.5 Å². The molecule has 1 saturated heterocycles. The first-order valence-electron chi connectivity index (χ1n) is 6.38. The van der Waals surface area contributed by atoms with Crippen LogP contribution >= 0.6 is 0 Å². The molecule has 20 heavy (non-hydrogen) atoms. The number of aliphatic hydroxyl groups excluding tert-OH is 1. The predicted octanol–water partition coefficient (Wildman–Crippen LogP) is -1.25. The van der Waals surface area contributed by atoms with Crippen LogP contribution < -0.4 is 5.32 Å². The maximum Gasteiger partial charge on any atom is 0.326 e. The quantitative estimate of drug-likeness (QED) is 0.563. The number of amides is 1. The van der Waals surface area contributed by atoms with Crippen molar-refractivity contribution in [1.82, 2.24) is 9.62 Å². The number of rotatable bonds is 6. The van der Waals surface area contributed by atoms with Gasteiger partial charge in [-0.3, -0.25) is 4.79 Å². The van der Waals surface area contributed by atoms with Crippen LogP contribution in [0.15, 0.2) is 0 Å². The molecule has 0 aromatic rings. The van der Waals surface area contributed by atoms with E-state index in [4.69, 9.17) is 10.2 Å². The zero-order valence-electron chi connectivity index (χ0n) is 11.3. The Kier molecular flexibility index (Phi) is 5.90. The van der Waals surface area contributed by atoms with E-state index in [0.717, 1.165) is 10.6 Å². The van der Waals surface area contributed by atoms with Crippen LogP contribution in [0.4, 0.5) is 0 Å². The molecule has 3 N–H and O–H groups in total. The molecule has 1 fully saturated rings. The summed E-state index contributed by atoms with van der Waals surface area (Å²) in [7, 11) is -3.51. The Balaban J connectivity index is 2.80. The lowest BCUT2D eigenvalue weighted by molar-refractivity contribution is -0.143. The van der Waals surface area contributed by atoms with Crippen molar-refractivity contribution in [3.63, 3.8) is 0 Å². The van der Waals surface area contributed by atoms with E-state index in [1.165, 1.54) is 0 Å². The summed E-state index contributed by atoms with van der Waals surface area (Å²) in [4.78, 5) is 23.0. The summed E-state index contributed by atoms with van der Waals surface area (Å²) >= 11 is 0. The van der Waals surface area contributed by atoms with E-state index in [9.17, 15) is 18.0 Å². The van der Waals surface area contributed by atoms with Gasteiger partial charge in [0, 0.05) is 19.6 Å². The number of carboxylic acids is 1. The number of carboxylic acid groups (broad SMARTS) is 1. The fourth-order valence-corrected chi connectivity index (χ4v) is 3.34. The summed E-state index contributed by atoms with van der Waals surface area (Å²) in [5.74, 6) is -1.88. The van der Waals surface area contributed by atoms with Gasteiger partial charge in [0.1, 0.15) is 12.1 Å². The van der Waals surface area contributed by atoms with Crippen LogP contribution in [0.1, 0.15) is 25.7 Å². The molecule has 1 amide bonds.